The van der Waals surface area contributed by atoms with Gasteiger partial charge in [-0.25, -0.2) is 0 Å². The molecule has 6 aliphatic carbocycles. The minimum absolute atomic E-state index is 0.0259. The van der Waals surface area contributed by atoms with Crippen LogP contribution in [-0.2, 0) is 19.0 Å². The Morgan fingerprint density at radius 2 is 1.72 bits per heavy atom. The fraction of sp³-hybridized carbons (Fsp3) is 0.974. The Kier molecular flexibility index (Phi) is 7.51. The van der Waals surface area contributed by atoms with Gasteiger partial charge in [-0.3, -0.25) is 4.79 Å². The fourth-order valence-corrected chi connectivity index (χ4v) is 14.0. The van der Waals surface area contributed by atoms with Crippen LogP contribution in [0.15, 0.2) is 0 Å². The van der Waals surface area contributed by atoms with E-state index in [0.29, 0.717) is 66.5 Å². The van der Waals surface area contributed by atoms with E-state index in [1.807, 2.05) is 4.90 Å². The molecule has 46 heavy (non-hydrogen) atoms. The second-order valence-corrected chi connectivity index (χ2v) is 19.2. The van der Waals surface area contributed by atoms with Gasteiger partial charge in [0.05, 0.1) is 43.7 Å². The van der Waals surface area contributed by atoms with Gasteiger partial charge in [0.25, 0.3) is 0 Å². The molecule has 2 saturated heterocycles. The first-order chi connectivity index (χ1) is 21.7. The number of nitrogens with zero attached hydrogens (tertiary/aromatic N) is 1. The van der Waals surface area contributed by atoms with Gasteiger partial charge in [0, 0.05) is 18.4 Å². The van der Waals surface area contributed by atoms with Crippen molar-refractivity contribution in [2.24, 2.45) is 62.6 Å². The Bertz CT molecular complexity index is 1220. The molecule has 8 aliphatic rings. The van der Waals surface area contributed by atoms with Crippen LogP contribution in [0.1, 0.15) is 119 Å². The molecule has 2 N–H and O–H groups in total. The lowest BCUT2D eigenvalue weighted by atomic mass is 9.41. The van der Waals surface area contributed by atoms with Gasteiger partial charge >= 0.3 is 0 Å². The number of fused-ring (bicyclic) bond motifs is 4. The maximum absolute atomic E-state index is 12.9. The number of aliphatic hydroxyl groups excluding tert-OH is 2. The predicted molar refractivity (Wildman–Crippen MR) is 175 cm³/mol. The molecule has 0 bridgehead atoms. The van der Waals surface area contributed by atoms with Crippen molar-refractivity contribution in [1.82, 2.24) is 4.90 Å². The molecule has 0 radical (unpaired) electrons. The summed E-state index contributed by atoms with van der Waals surface area (Å²) in [5.74, 6) is 2.88. The van der Waals surface area contributed by atoms with E-state index in [2.05, 4.69) is 48.5 Å². The Morgan fingerprint density at radius 3 is 2.43 bits per heavy atom. The van der Waals surface area contributed by atoms with Crippen molar-refractivity contribution in [3.05, 3.63) is 0 Å². The summed E-state index contributed by atoms with van der Waals surface area (Å²) < 4.78 is 19.8. The number of hydrogen-bond acceptors (Lipinski definition) is 6. The third-order valence-electron chi connectivity index (χ3n) is 16.7. The molecule has 6 saturated carbocycles. The maximum Gasteiger partial charge on any atom is 0.223 e. The lowest BCUT2D eigenvalue weighted by Gasteiger charge is -2.64. The van der Waals surface area contributed by atoms with Gasteiger partial charge in [-0.05, 0) is 121 Å². The van der Waals surface area contributed by atoms with E-state index in [-0.39, 0.29) is 52.7 Å². The predicted octanol–water partition coefficient (Wildman–Crippen LogP) is 6.19. The molecule has 8 fully saturated rings. The zero-order valence-electron chi connectivity index (χ0n) is 29.8. The molecule has 2 spiro atoms. The average Bonchev–Trinajstić information content (AvgIpc) is 3.93. The van der Waals surface area contributed by atoms with E-state index in [1.165, 1.54) is 51.4 Å². The highest BCUT2D eigenvalue weighted by molar-refractivity contribution is 5.76. The normalized spacial score (nSPS) is 53.0. The van der Waals surface area contributed by atoms with Crippen LogP contribution < -0.4 is 0 Å². The minimum Gasteiger partial charge on any atom is -0.390 e. The van der Waals surface area contributed by atoms with E-state index in [4.69, 9.17) is 14.2 Å². The highest BCUT2D eigenvalue weighted by Gasteiger charge is 2.84. The zero-order valence-corrected chi connectivity index (χ0v) is 29.8. The molecular formula is C39H63NO6. The van der Waals surface area contributed by atoms with Crippen LogP contribution in [0, 0.1) is 62.6 Å². The first-order valence-electron chi connectivity index (χ1n) is 19.3. The second-order valence-electron chi connectivity index (χ2n) is 19.2. The summed E-state index contributed by atoms with van der Waals surface area (Å²) in [6.07, 6.45) is 10.7. The first kappa shape index (κ1) is 32.5. The summed E-state index contributed by atoms with van der Waals surface area (Å²) >= 11 is 0. The highest BCUT2D eigenvalue weighted by Crippen LogP contribution is 2.89. The van der Waals surface area contributed by atoms with Crippen molar-refractivity contribution in [3.63, 3.8) is 0 Å². The van der Waals surface area contributed by atoms with Crippen molar-refractivity contribution < 1.29 is 29.2 Å². The fourth-order valence-electron chi connectivity index (χ4n) is 14.0. The van der Waals surface area contributed by atoms with E-state index in [0.717, 1.165) is 12.8 Å². The summed E-state index contributed by atoms with van der Waals surface area (Å²) in [6, 6.07) is 0. The van der Waals surface area contributed by atoms with Crippen molar-refractivity contribution >= 4 is 5.91 Å². The molecule has 0 aromatic heterocycles. The van der Waals surface area contributed by atoms with Crippen molar-refractivity contribution in [1.29, 1.82) is 0 Å². The summed E-state index contributed by atoms with van der Waals surface area (Å²) in [7, 11) is 0. The third-order valence-corrected chi connectivity index (χ3v) is 16.7. The molecule has 260 valence electrons. The molecule has 8 rings (SSSR count). The van der Waals surface area contributed by atoms with Crippen molar-refractivity contribution in [2.45, 2.75) is 156 Å². The summed E-state index contributed by atoms with van der Waals surface area (Å²) in [5, 5.41) is 23.5. The molecule has 0 aromatic rings. The van der Waals surface area contributed by atoms with Crippen molar-refractivity contribution in [2.75, 3.05) is 19.7 Å². The average molecular weight is 642 g/mol. The van der Waals surface area contributed by atoms with Crippen LogP contribution in [0.3, 0.4) is 0 Å². The molecule has 4 unspecified atom stereocenters. The Balaban J connectivity index is 1.01. The second kappa shape index (κ2) is 10.6. The number of amides is 1. The van der Waals surface area contributed by atoms with E-state index < -0.39 is 12.2 Å². The minimum atomic E-state index is -0.495. The molecule has 14 atom stereocenters. The van der Waals surface area contributed by atoms with E-state index >= 15 is 0 Å². The standard InChI is InChI=1S/C39H63NO6/c1-22(2)32(42)25-18-23(3)31-33(45-25)34(43)37(7)27-11-10-26-35(4,5)28(12-13-38(26)21-39(27,38)15-14-36(31,37)6)46-30-20-40(16-17-44-30)29(41)19-24-8-9-24/h22-28,30-34,42-43H,8-21H2,1-7H3/t23-,25?,26+,27?,28?,30+,31+,32-,33?,34+,36-,37-,38-,39+/m1/s1. The van der Waals surface area contributed by atoms with Crippen molar-refractivity contribution in [3.8, 4) is 0 Å². The molecule has 7 nitrogen and oxygen atoms in total. The zero-order chi connectivity index (χ0) is 32.6. The Morgan fingerprint density at radius 1 is 1.00 bits per heavy atom. The molecule has 0 aromatic carbocycles. The van der Waals surface area contributed by atoms with Gasteiger partial charge in [0.1, 0.15) is 0 Å². The van der Waals surface area contributed by atoms with Crippen LogP contribution in [0.25, 0.3) is 0 Å². The van der Waals surface area contributed by atoms with Gasteiger partial charge in [-0.1, -0.05) is 48.5 Å². The van der Waals surface area contributed by atoms with Gasteiger partial charge in [0.2, 0.25) is 5.91 Å². The number of carbonyl (C=O) groups excluding carboxylic acids is 1. The van der Waals surface area contributed by atoms with E-state index in [1.54, 1.807) is 0 Å². The van der Waals surface area contributed by atoms with Gasteiger partial charge in [0.15, 0.2) is 6.29 Å². The van der Waals surface area contributed by atoms with Gasteiger partial charge in [-0.2, -0.15) is 0 Å². The number of morpholine rings is 1. The lowest BCUT2D eigenvalue weighted by molar-refractivity contribution is -0.248. The molecule has 1 amide bonds. The number of rotatable bonds is 6. The molecular weight excluding hydrogens is 578 g/mol. The maximum atomic E-state index is 12.9. The number of hydrogen-bond donors (Lipinski definition) is 2. The largest absolute Gasteiger partial charge is 0.390 e. The summed E-state index contributed by atoms with van der Waals surface area (Å²) in [5.41, 5.74) is 0.505. The van der Waals surface area contributed by atoms with Crippen LogP contribution in [0.5, 0.6) is 0 Å². The third kappa shape index (κ3) is 4.29. The first-order valence-corrected chi connectivity index (χ1v) is 19.3. The van der Waals surface area contributed by atoms with Crippen LogP contribution >= 0.6 is 0 Å². The van der Waals surface area contributed by atoms with Gasteiger partial charge < -0.3 is 29.3 Å². The number of aliphatic hydroxyl groups is 2. The molecule has 2 heterocycles. The quantitative estimate of drug-likeness (QED) is 0.360. The summed E-state index contributed by atoms with van der Waals surface area (Å²) in [6.45, 7) is 18.2. The smallest absolute Gasteiger partial charge is 0.223 e. The number of ether oxygens (including phenoxy) is 3. The Labute approximate surface area is 277 Å². The number of carbonyl (C=O) groups is 1. The van der Waals surface area contributed by atoms with Crippen LogP contribution in [0.2, 0.25) is 0 Å². The van der Waals surface area contributed by atoms with E-state index in [9.17, 15) is 15.0 Å². The Hall–Kier alpha value is -0.730. The monoisotopic (exact) mass is 641 g/mol. The lowest BCUT2D eigenvalue weighted by Crippen LogP contribution is -2.60. The molecule has 7 heteroatoms. The molecule has 2 aliphatic heterocycles. The van der Waals surface area contributed by atoms with Crippen LogP contribution in [0.4, 0.5) is 0 Å². The highest BCUT2D eigenvalue weighted by atomic mass is 16.7. The van der Waals surface area contributed by atoms with Gasteiger partial charge in [-0.15, -0.1) is 0 Å². The summed E-state index contributed by atoms with van der Waals surface area (Å²) in [4.78, 5) is 14.9. The SMILES string of the molecule is CC(C)[C@@H](O)C1C[C@@H](C)[C@H]2C(O1)[C@H](O)[C@@]1(C)C3CC[C@H]4C(C)(C)C(O[C@H]5CN(C(=O)CC6CC6)CCO5)CC[C@@]45C[C@@]35CC[C@]21C. The topological polar surface area (TPSA) is 88.5 Å². The van der Waals surface area contributed by atoms with Crippen LogP contribution in [-0.4, -0.2) is 77.5 Å².